The van der Waals surface area contributed by atoms with E-state index in [1.54, 1.807) is 12.1 Å². The number of carbonyl (C=O) groups excluding carboxylic acids is 1. The van der Waals surface area contributed by atoms with E-state index in [1.165, 1.54) is 5.56 Å². The maximum absolute atomic E-state index is 11.4. The topological polar surface area (TPSA) is 97.7 Å². The number of nitrogens with two attached hydrogens (primary N) is 1. The van der Waals surface area contributed by atoms with E-state index in [0.717, 1.165) is 53.7 Å². The van der Waals surface area contributed by atoms with Crippen molar-refractivity contribution in [3.8, 4) is 11.1 Å². The van der Waals surface area contributed by atoms with Crippen LogP contribution in [0.2, 0.25) is 0 Å². The molecule has 2 aromatic heterocycles. The molecule has 1 aromatic carbocycles. The molecule has 3 N–H and O–H groups in total. The van der Waals surface area contributed by atoms with Crippen LogP contribution >= 0.6 is 0 Å². The van der Waals surface area contributed by atoms with Crippen molar-refractivity contribution >= 4 is 17.4 Å². The molecule has 154 valence electrons. The molecule has 0 spiro atoms. The van der Waals surface area contributed by atoms with Crippen molar-refractivity contribution in [2.75, 3.05) is 0 Å². The third kappa shape index (κ3) is 5.31. The standard InChI is InChI=1S/C23H27N3O3.Na.H/c1-3-18-13-14-20-22(16-9-11-17(12-10-16)23(24)29)19(15(2)25-26(18)20)7-5-4-6-8-21(27)28;;/h9-14H,3-8H2,1-2H3,(H2,24,29)(H,27,28);;/q;+1;-1. The second-order valence-corrected chi connectivity index (χ2v) is 7.31. The second kappa shape index (κ2) is 10.8. The second-order valence-electron chi connectivity index (χ2n) is 7.31. The summed E-state index contributed by atoms with van der Waals surface area (Å²) < 4.78 is 2.00. The number of hydrogen-bond acceptors (Lipinski definition) is 3. The molecule has 7 heteroatoms. The molecule has 0 aliphatic rings. The number of unbranched alkanes of at least 4 members (excludes halogenated alkanes) is 2. The minimum atomic E-state index is -0.750. The van der Waals surface area contributed by atoms with Crippen molar-refractivity contribution in [3.63, 3.8) is 0 Å². The number of fused-ring (bicyclic) bond motifs is 1. The Bertz CT molecular complexity index is 1050. The SMILES string of the molecule is CCc1ccc2c(-c3ccc(C(N)=O)cc3)c(CCCCCC(=O)O)c(C)nn12.[H-].[Na+]. The van der Waals surface area contributed by atoms with Gasteiger partial charge in [-0.15, -0.1) is 0 Å². The van der Waals surface area contributed by atoms with Crippen LogP contribution in [0.4, 0.5) is 0 Å². The Hall–Kier alpha value is -2.15. The fourth-order valence-corrected chi connectivity index (χ4v) is 3.78. The zero-order valence-electron chi connectivity index (χ0n) is 18.9. The smallest absolute Gasteiger partial charge is 1.00 e. The van der Waals surface area contributed by atoms with Crippen LogP contribution in [0.25, 0.3) is 16.6 Å². The normalized spacial score (nSPS) is 10.7. The summed E-state index contributed by atoms with van der Waals surface area (Å²) in [6.45, 7) is 4.13. The zero-order chi connectivity index (χ0) is 21.0. The molecule has 6 nitrogen and oxygen atoms in total. The van der Waals surface area contributed by atoms with E-state index >= 15 is 0 Å². The van der Waals surface area contributed by atoms with Gasteiger partial charge in [0.1, 0.15) is 0 Å². The molecule has 0 atom stereocenters. The van der Waals surface area contributed by atoms with Gasteiger partial charge in [0.15, 0.2) is 0 Å². The van der Waals surface area contributed by atoms with Gasteiger partial charge in [0.2, 0.25) is 5.91 Å². The molecule has 0 saturated heterocycles. The molecule has 1 amide bonds. The average molecular weight is 417 g/mol. The van der Waals surface area contributed by atoms with Gasteiger partial charge in [-0.3, -0.25) is 9.59 Å². The molecule has 3 rings (SSSR count). The molecule has 0 unspecified atom stereocenters. The average Bonchev–Trinajstić information content (AvgIpc) is 3.09. The van der Waals surface area contributed by atoms with Crippen LogP contribution in [-0.2, 0) is 17.6 Å². The van der Waals surface area contributed by atoms with Crippen molar-refractivity contribution in [2.45, 2.75) is 52.4 Å². The number of primary amides is 1. The third-order valence-corrected chi connectivity index (χ3v) is 5.32. The summed E-state index contributed by atoms with van der Waals surface area (Å²) in [4.78, 5) is 22.2. The van der Waals surface area contributed by atoms with Crippen molar-refractivity contribution in [1.29, 1.82) is 0 Å². The number of benzene rings is 1. The van der Waals surface area contributed by atoms with Crippen LogP contribution in [0.3, 0.4) is 0 Å². The predicted octanol–water partition coefficient (Wildman–Crippen LogP) is 1.28. The van der Waals surface area contributed by atoms with Crippen molar-refractivity contribution in [2.24, 2.45) is 5.73 Å². The molecule has 0 fully saturated rings. The number of amides is 1. The molecule has 2 heterocycles. The Labute approximate surface area is 200 Å². The van der Waals surface area contributed by atoms with Gasteiger partial charge < -0.3 is 12.3 Å². The first-order chi connectivity index (χ1) is 13.9. The Morgan fingerprint density at radius 3 is 2.40 bits per heavy atom. The van der Waals surface area contributed by atoms with Crippen LogP contribution in [0.5, 0.6) is 0 Å². The van der Waals surface area contributed by atoms with E-state index in [2.05, 4.69) is 19.1 Å². The van der Waals surface area contributed by atoms with Crippen molar-refractivity contribution in [3.05, 3.63) is 58.9 Å². The van der Waals surface area contributed by atoms with Gasteiger partial charge in [0, 0.05) is 23.2 Å². The molecule has 0 aliphatic heterocycles. The predicted molar refractivity (Wildman–Crippen MR) is 114 cm³/mol. The number of aryl methyl sites for hydroxylation is 2. The van der Waals surface area contributed by atoms with Crippen LogP contribution in [-0.4, -0.2) is 26.6 Å². The molecule has 3 aromatic rings. The Morgan fingerprint density at radius 2 is 1.80 bits per heavy atom. The molecule has 0 aliphatic carbocycles. The van der Waals surface area contributed by atoms with Crippen LogP contribution < -0.4 is 35.3 Å². The fraction of sp³-hybridized carbons (Fsp3) is 0.348. The maximum Gasteiger partial charge on any atom is 1.00 e. The fourth-order valence-electron chi connectivity index (χ4n) is 3.78. The van der Waals surface area contributed by atoms with E-state index in [1.807, 2.05) is 23.6 Å². The summed E-state index contributed by atoms with van der Waals surface area (Å²) in [5.74, 6) is -1.19. The summed E-state index contributed by atoms with van der Waals surface area (Å²) in [5.41, 5.74) is 12.3. The van der Waals surface area contributed by atoms with E-state index in [4.69, 9.17) is 15.9 Å². The molecule has 0 bridgehead atoms. The van der Waals surface area contributed by atoms with Crippen LogP contribution in [0.15, 0.2) is 36.4 Å². The van der Waals surface area contributed by atoms with E-state index in [9.17, 15) is 9.59 Å². The number of aliphatic carboxylic acids is 1. The largest absolute Gasteiger partial charge is 1.00 e. The van der Waals surface area contributed by atoms with Gasteiger partial charge in [0.05, 0.1) is 11.2 Å². The minimum absolute atomic E-state index is 0. The number of carboxylic acids is 1. The Morgan fingerprint density at radius 1 is 1.10 bits per heavy atom. The van der Waals surface area contributed by atoms with Gasteiger partial charge in [0.25, 0.3) is 0 Å². The first kappa shape index (κ1) is 24.1. The molecule has 30 heavy (non-hydrogen) atoms. The minimum Gasteiger partial charge on any atom is -1.00 e. The summed E-state index contributed by atoms with van der Waals surface area (Å²) >= 11 is 0. The number of carboxylic acid groups (broad SMARTS) is 1. The monoisotopic (exact) mass is 417 g/mol. The third-order valence-electron chi connectivity index (χ3n) is 5.32. The first-order valence-electron chi connectivity index (χ1n) is 10.0. The zero-order valence-corrected chi connectivity index (χ0v) is 19.9. The van der Waals surface area contributed by atoms with Crippen LogP contribution in [0.1, 0.15) is 61.3 Å². The quantitative estimate of drug-likeness (QED) is 0.405. The summed E-state index contributed by atoms with van der Waals surface area (Å²) in [5, 5.41) is 13.6. The summed E-state index contributed by atoms with van der Waals surface area (Å²) in [6, 6.07) is 11.6. The number of aromatic nitrogens is 2. The van der Waals surface area contributed by atoms with Gasteiger partial charge >= 0.3 is 35.5 Å². The van der Waals surface area contributed by atoms with E-state index in [-0.39, 0.29) is 37.4 Å². The first-order valence-corrected chi connectivity index (χ1v) is 10.0. The van der Waals surface area contributed by atoms with Crippen LogP contribution in [0, 0.1) is 6.92 Å². The molecular formula is C23H28N3NaO3. The van der Waals surface area contributed by atoms with E-state index in [0.29, 0.717) is 12.0 Å². The van der Waals surface area contributed by atoms with Gasteiger partial charge in [-0.1, -0.05) is 25.5 Å². The summed E-state index contributed by atoms with van der Waals surface area (Å²) in [6.07, 6.45) is 4.36. The molecule has 0 radical (unpaired) electrons. The Balaban J connectivity index is 0.00000240. The number of nitrogens with zero attached hydrogens (tertiary/aromatic N) is 2. The van der Waals surface area contributed by atoms with Gasteiger partial charge in [-0.05, 0) is 68.0 Å². The molecule has 0 saturated carbocycles. The van der Waals surface area contributed by atoms with Gasteiger partial charge in [-0.25, -0.2) is 4.52 Å². The van der Waals surface area contributed by atoms with E-state index < -0.39 is 11.9 Å². The number of rotatable bonds is 9. The van der Waals surface area contributed by atoms with Crippen molar-refractivity contribution in [1.82, 2.24) is 9.61 Å². The number of carbonyl (C=O) groups is 2. The molecular weight excluding hydrogens is 389 g/mol. The van der Waals surface area contributed by atoms with Crippen molar-refractivity contribution < 1.29 is 45.7 Å². The Kier molecular flexibility index (Phi) is 8.65. The summed E-state index contributed by atoms with van der Waals surface area (Å²) in [7, 11) is 0. The van der Waals surface area contributed by atoms with Gasteiger partial charge in [-0.2, -0.15) is 5.10 Å². The maximum atomic E-state index is 11.4. The number of hydrogen-bond donors (Lipinski definition) is 2.